The predicted molar refractivity (Wildman–Crippen MR) is 68.2 cm³/mol. The zero-order valence-electron chi connectivity index (χ0n) is 9.76. The number of nitrogens with one attached hydrogen (secondary N) is 2. The van der Waals surface area contributed by atoms with Crippen molar-refractivity contribution in [3.63, 3.8) is 0 Å². The Morgan fingerprint density at radius 1 is 1.33 bits per heavy atom. The van der Waals surface area contributed by atoms with Crippen molar-refractivity contribution in [2.24, 2.45) is 11.5 Å². The fourth-order valence-electron chi connectivity index (χ4n) is 1.14. The lowest BCUT2D eigenvalue weighted by molar-refractivity contribution is -0.142. The summed E-state index contributed by atoms with van der Waals surface area (Å²) in [6.45, 7) is 0.244. The lowest BCUT2D eigenvalue weighted by Gasteiger charge is -2.16. The molecule has 0 aromatic rings. The molecule has 0 bridgehead atoms. The van der Waals surface area contributed by atoms with Gasteiger partial charge in [0.1, 0.15) is 6.04 Å². The van der Waals surface area contributed by atoms with E-state index in [1.165, 1.54) is 0 Å². The summed E-state index contributed by atoms with van der Waals surface area (Å²) in [5, 5.41) is 13.5. The zero-order chi connectivity index (χ0) is 14.1. The molecule has 0 aromatic carbocycles. The monoisotopic (exact) mass is 278 g/mol. The number of carboxylic acids is 1. The van der Waals surface area contributed by atoms with Gasteiger partial charge in [0.25, 0.3) is 0 Å². The van der Waals surface area contributed by atoms with Gasteiger partial charge in [-0.05, 0) is 12.8 Å². The molecule has 0 fully saturated rings. The van der Waals surface area contributed by atoms with Crippen molar-refractivity contribution in [2.45, 2.75) is 24.9 Å². The molecule has 0 aliphatic heterocycles. The van der Waals surface area contributed by atoms with Gasteiger partial charge in [0.15, 0.2) is 0 Å². The van der Waals surface area contributed by atoms with Gasteiger partial charge in [-0.15, -0.1) is 0 Å². The fraction of sp³-hybridized carbons (Fsp3) is 0.667. The van der Waals surface area contributed by atoms with Gasteiger partial charge in [0.2, 0.25) is 5.91 Å². The number of amides is 3. The molecule has 9 heteroatoms. The van der Waals surface area contributed by atoms with Crippen LogP contribution in [0.3, 0.4) is 0 Å². The maximum absolute atomic E-state index is 11.4. The summed E-state index contributed by atoms with van der Waals surface area (Å²) in [6.07, 6.45) is 0.539. The van der Waals surface area contributed by atoms with Crippen LogP contribution in [0.2, 0.25) is 0 Å². The van der Waals surface area contributed by atoms with Crippen molar-refractivity contribution < 1.29 is 19.5 Å². The molecule has 0 aromatic heterocycles. The van der Waals surface area contributed by atoms with Crippen molar-refractivity contribution in [3.05, 3.63) is 0 Å². The number of thiol groups is 1. The normalized spacial score (nSPS) is 13.4. The molecular weight excluding hydrogens is 260 g/mol. The fourth-order valence-corrected chi connectivity index (χ4v) is 1.30. The number of rotatable bonds is 8. The van der Waals surface area contributed by atoms with Gasteiger partial charge in [0.05, 0.1) is 6.04 Å². The van der Waals surface area contributed by atoms with E-state index in [4.69, 9.17) is 16.6 Å². The van der Waals surface area contributed by atoms with E-state index < -0.39 is 30.0 Å². The first kappa shape index (κ1) is 16.5. The summed E-state index contributed by atoms with van der Waals surface area (Å²) in [4.78, 5) is 32.7. The highest BCUT2D eigenvalue weighted by Crippen LogP contribution is 1.98. The van der Waals surface area contributed by atoms with Crippen molar-refractivity contribution in [3.8, 4) is 0 Å². The lowest BCUT2D eigenvalue weighted by atomic mass is 10.1. The van der Waals surface area contributed by atoms with E-state index in [1.54, 1.807) is 0 Å². The largest absolute Gasteiger partial charge is 0.480 e. The minimum Gasteiger partial charge on any atom is -0.480 e. The number of nitrogens with two attached hydrogens (primary N) is 2. The number of aliphatic carboxylic acids is 1. The number of urea groups is 1. The topological polar surface area (TPSA) is 148 Å². The van der Waals surface area contributed by atoms with E-state index in [9.17, 15) is 14.4 Å². The van der Waals surface area contributed by atoms with Gasteiger partial charge in [-0.3, -0.25) is 4.79 Å². The van der Waals surface area contributed by atoms with Crippen LogP contribution in [0.4, 0.5) is 4.79 Å². The molecule has 0 heterocycles. The van der Waals surface area contributed by atoms with E-state index in [2.05, 4.69) is 23.3 Å². The molecule has 0 aliphatic rings. The Kier molecular flexibility index (Phi) is 7.88. The number of carbonyl (C=O) groups excluding carboxylic acids is 2. The predicted octanol–water partition coefficient (Wildman–Crippen LogP) is -1.74. The molecule has 104 valence electrons. The molecule has 0 unspecified atom stereocenters. The Bertz CT molecular complexity index is 313. The Balaban J connectivity index is 4.11. The minimum absolute atomic E-state index is 0.126. The second-order valence-corrected chi connectivity index (χ2v) is 3.99. The first-order chi connectivity index (χ1) is 8.38. The van der Waals surface area contributed by atoms with Crippen LogP contribution in [0.1, 0.15) is 12.8 Å². The van der Waals surface area contributed by atoms with Crippen molar-refractivity contribution >= 4 is 30.5 Å². The molecule has 18 heavy (non-hydrogen) atoms. The molecule has 0 radical (unpaired) electrons. The highest BCUT2D eigenvalue weighted by atomic mass is 32.1. The van der Waals surface area contributed by atoms with E-state index in [0.717, 1.165) is 0 Å². The molecule has 7 N–H and O–H groups in total. The molecule has 0 rings (SSSR count). The van der Waals surface area contributed by atoms with Gasteiger partial charge in [0, 0.05) is 12.3 Å². The third-order valence-electron chi connectivity index (χ3n) is 2.12. The van der Waals surface area contributed by atoms with Crippen LogP contribution in [0, 0.1) is 0 Å². The maximum atomic E-state index is 11.4. The van der Waals surface area contributed by atoms with Crippen LogP contribution >= 0.6 is 12.6 Å². The molecule has 0 saturated heterocycles. The van der Waals surface area contributed by atoms with Gasteiger partial charge < -0.3 is 27.2 Å². The van der Waals surface area contributed by atoms with Gasteiger partial charge in [-0.1, -0.05) is 0 Å². The van der Waals surface area contributed by atoms with Crippen LogP contribution in [0.15, 0.2) is 0 Å². The summed E-state index contributed by atoms with van der Waals surface area (Å²) < 4.78 is 0. The van der Waals surface area contributed by atoms with Gasteiger partial charge in [-0.2, -0.15) is 12.6 Å². The Morgan fingerprint density at radius 2 is 1.94 bits per heavy atom. The molecule has 3 amide bonds. The van der Waals surface area contributed by atoms with E-state index in [-0.39, 0.29) is 18.7 Å². The molecule has 2 atom stereocenters. The molecule has 0 aliphatic carbocycles. The summed E-state index contributed by atoms with van der Waals surface area (Å²) in [5.74, 6) is -1.60. The molecular formula is C9H18N4O4S. The van der Waals surface area contributed by atoms with Gasteiger partial charge in [-0.25, -0.2) is 9.59 Å². The highest BCUT2D eigenvalue weighted by Gasteiger charge is 2.22. The Morgan fingerprint density at radius 3 is 2.39 bits per heavy atom. The van der Waals surface area contributed by atoms with E-state index in [0.29, 0.717) is 6.42 Å². The average Bonchev–Trinajstić information content (AvgIpc) is 2.30. The summed E-state index contributed by atoms with van der Waals surface area (Å²) in [7, 11) is 0. The SMILES string of the molecule is NC(=O)NCCC[C@H](NC(=O)[C@@H](N)CS)C(=O)O. The Hall–Kier alpha value is -1.48. The standard InChI is InChI=1S/C9H18N4O4S/c10-5(4-18)7(14)13-6(8(15)16)2-1-3-12-9(11)17/h5-6,18H,1-4,10H2,(H,13,14)(H,15,16)(H3,11,12,17)/t5-,6-/m0/s1. The summed E-state index contributed by atoms with van der Waals surface area (Å²) in [5.41, 5.74) is 10.3. The third kappa shape index (κ3) is 6.97. The number of carbonyl (C=O) groups is 3. The van der Waals surface area contributed by atoms with Crippen LogP contribution in [0.5, 0.6) is 0 Å². The third-order valence-corrected chi connectivity index (χ3v) is 2.51. The van der Waals surface area contributed by atoms with Crippen molar-refractivity contribution in [2.75, 3.05) is 12.3 Å². The number of carboxylic acid groups (broad SMARTS) is 1. The second kappa shape index (κ2) is 8.59. The molecule has 0 saturated carbocycles. The van der Waals surface area contributed by atoms with Crippen molar-refractivity contribution in [1.82, 2.24) is 10.6 Å². The van der Waals surface area contributed by atoms with Crippen LogP contribution in [0.25, 0.3) is 0 Å². The number of hydrogen-bond donors (Lipinski definition) is 6. The van der Waals surface area contributed by atoms with E-state index in [1.807, 2.05) is 0 Å². The van der Waals surface area contributed by atoms with Crippen LogP contribution < -0.4 is 22.1 Å². The summed E-state index contributed by atoms with van der Waals surface area (Å²) in [6, 6.07) is -2.57. The molecule has 0 spiro atoms. The van der Waals surface area contributed by atoms with Crippen LogP contribution in [-0.2, 0) is 9.59 Å². The average molecular weight is 278 g/mol. The smallest absolute Gasteiger partial charge is 0.326 e. The van der Waals surface area contributed by atoms with E-state index >= 15 is 0 Å². The highest BCUT2D eigenvalue weighted by molar-refractivity contribution is 7.80. The minimum atomic E-state index is -1.16. The lowest BCUT2D eigenvalue weighted by Crippen LogP contribution is -2.49. The Labute approximate surface area is 110 Å². The first-order valence-corrected chi connectivity index (χ1v) is 5.94. The van der Waals surface area contributed by atoms with Gasteiger partial charge >= 0.3 is 12.0 Å². The first-order valence-electron chi connectivity index (χ1n) is 5.31. The molecule has 8 nitrogen and oxygen atoms in total. The quantitative estimate of drug-likeness (QED) is 0.230. The summed E-state index contributed by atoms with van der Waals surface area (Å²) >= 11 is 3.84. The van der Waals surface area contributed by atoms with Crippen LogP contribution in [-0.4, -0.2) is 47.4 Å². The number of hydrogen-bond acceptors (Lipinski definition) is 5. The second-order valence-electron chi connectivity index (χ2n) is 3.62. The number of primary amides is 1. The van der Waals surface area contributed by atoms with Crippen molar-refractivity contribution in [1.29, 1.82) is 0 Å². The zero-order valence-corrected chi connectivity index (χ0v) is 10.7. The maximum Gasteiger partial charge on any atom is 0.326 e.